The average Bonchev–Trinajstić information content (AvgIpc) is 2.42. The molecular formula is C14H13BrF2N2O. The van der Waals surface area contributed by atoms with Gasteiger partial charge in [0.25, 0.3) is 0 Å². The first-order valence-electron chi connectivity index (χ1n) is 5.93. The first-order valence-corrected chi connectivity index (χ1v) is 6.72. The zero-order chi connectivity index (χ0) is 14.4. The summed E-state index contributed by atoms with van der Waals surface area (Å²) in [6.45, 7) is -2.51. The molecule has 0 aliphatic carbocycles. The zero-order valence-corrected chi connectivity index (χ0v) is 12.0. The Balaban J connectivity index is 2.01. The van der Waals surface area contributed by atoms with Crippen LogP contribution in [0.4, 0.5) is 14.5 Å². The molecule has 0 aliphatic heterocycles. The highest BCUT2D eigenvalue weighted by Gasteiger charge is 2.11. The maximum Gasteiger partial charge on any atom is 0.387 e. The maximum absolute atomic E-state index is 12.3. The third-order valence-electron chi connectivity index (χ3n) is 2.56. The van der Waals surface area contributed by atoms with Gasteiger partial charge in [-0.25, -0.2) is 5.43 Å². The summed E-state index contributed by atoms with van der Waals surface area (Å²) in [6.07, 6.45) is 0. The number of para-hydroxylation sites is 1. The fourth-order valence-corrected chi connectivity index (χ4v) is 2.16. The molecule has 2 aromatic carbocycles. The molecule has 20 heavy (non-hydrogen) atoms. The van der Waals surface area contributed by atoms with E-state index in [4.69, 9.17) is 0 Å². The zero-order valence-electron chi connectivity index (χ0n) is 10.4. The van der Waals surface area contributed by atoms with Crippen LogP contribution in [0.3, 0.4) is 0 Å². The van der Waals surface area contributed by atoms with Crippen LogP contribution >= 0.6 is 15.9 Å². The van der Waals surface area contributed by atoms with Crippen molar-refractivity contribution in [3.05, 3.63) is 58.6 Å². The van der Waals surface area contributed by atoms with E-state index in [1.165, 1.54) is 6.07 Å². The largest absolute Gasteiger partial charge is 0.434 e. The fraction of sp³-hybridized carbons (Fsp3) is 0.143. The summed E-state index contributed by atoms with van der Waals surface area (Å²) in [5, 5.41) is 0. The summed E-state index contributed by atoms with van der Waals surface area (Å²) < 4.78 is 29.9. The average molecular weight is 343 g/mol. The monoisotopic (exact) mass is 342 g/mol. The van der Waals surface area contributed by atoms with Gasteiger partial charge in [0.2, 0.25) is 0 Å². The lowest BCUT2D eigenvalue weighted by atomic mass is 10.2. The highest BCUT2D eigenvalue weighted by molar-refractivity contribution is 9.10. The van der Waals surface area contributed by atoms with Crippen LogP contribution in [0.2, 0.25) is 0 Å². The summed E-state index contributed by atoms with van der Waals surface area (Å²) in [7, 11) is 0. The molecule has 0 unspecified atom stereocenters. The molecule has 0 fully saturated rings. The lowest BCUT2D eigenvalue weighted by Gasteiger charge is -2.14. The fourth-order valence-electron chi connectivity index (χ4n) is 1.67. The second kappa shape index (κ2) is 7.21. The van der Waals surface area contributed by atoms with Gasteiger partial charge in [0, 0.05) is 22.3 Å². The SMILES string of the molecule is FC(F)Oc1cccc(Br)c1CNNc1ccccc1. The van der Waals surface area contributed by atoms with Crippen LogP contribution < -0.4 is 15.6 Å². The molecule has 2 N–H and O–H groups in total. The van der Waals surface area contributed by atoms with Crippen molar-refractivity contribution in [3.63, 3.8) is 0 Å². The first-order chi connectivity index (χ1) is 9.66. The van der Waals surface area contributed by atoms with Crippen LogP contribution in [0.15, 0.2) is 53.0 Å². The molecule has 0 saturated carbocycles. The quantitative estimate of drug-likeness (QED) is 0.773. The minimum Gasteiger partial charge on any atom is -0.434 e. The number of hydrogen-bond acceptors (Lipinski definition) is 3. The van der Waals surface area contributed by atoms with Gasteiger partial charge in [-0.2, -0.15) is 8.78 Å². The Kier molecular flexibility index (Phi) is 5.31. The number of halogens is 3. The van der Waals surface area contributed by atoms with Crippen molar-refractivity contribution in [3.8, 4) is 5.75 Å². The van der Waals surface area contributed by atoms with Gasteiger partial charge >= 0.3 is 6.61 Å². The summed E-state index contributed by atoms with van der Waals surface area (Å²) in [6, 6.07) is 14.4. The Labute approximate surface area is 124 Å². The number of alkyl halides is 2. The topological polar surface area (TPSA) is 33.3 Å². The van der Waals surface area contributed by atoms with Crippen molar-refractivity contribution in [1.29, 1.82) is 0 Å². The minimum absolute atomic E-state index is 0.150. The van der Waals surface area contributed by atoms with Gasteiger partial charge in [0.15, 0.2) is 0 Å². The third-order valence-corrected chi connectivity index (χ3v) is 3.31. The van der Waals surface area contributed by atoms with E-state index >= 15 is 0 Å². The molecule has 0 saturated heterocycles. The Hall–Kier alpha value is -1.66. The molecule has 0 aromatic heterocycles. The van der Waals surface area contributed by atoms with E-state index in [2.05, 4.69) is 31.5 Å². The van der Waals surface area contributed by atoms with Crippen molar-refractivity contribution < 1.29 is 13.5 Å². The van der Waals surface area contributed by atoms with E-state index < -0.39 is 6.61 Å². The van der Waals surface area contributed by atoms with E-state index in [9.17, 15) is 8.78 Å². The van der Waals surface area contributed by atoms with Crippen molar-refractivity contribution in [2.75, 3.05) is 5.43 Å². The Bertz CT molecular complexity index is 552. The smallest absolute Gasteiger partial charge is 0.387 e. The molecule has 0 amide bonds. The number of nitrogens with one attached hydrogen (secondary N) is 2. The lowest BCUT2D eigenvalue weighted by molar-refractivity contribution is -0.0505. The van der Waals surface area contributed by atoms with Gasteiger partial charge in [0.05, 0.1) is 0 Å². The van der Waals surface area contributed by atoms with Crippen LogP contribution in [0, 0.1) is 0 Å². The van der Waals surface area contributed by atoms with Gasteiger partial charge in [-0.1, -0.05) is 40.2 Å². The molecule has 3 nitrogen and oxygen atoms in total. The summed E-state index contributed by atoms with van der Waals surface area (Å²) in [5.41, 5.74) is 7.46. The van der Waals surface area contributed by atoms with Crippen LogP contribution in [-0.4, -0.2) is 6.61 Å². The van der Waals surface area contributed by atoms with Crippen molar-refractivity contribution in [2.24, 2.45) is 0 Å². The Morgan fingerprint density at radius 1 is 1.05 bits per heavy atom. The number of ether oxygens (including phenoxy) is 1. The van der Waals surface area contributed by atoms with Crippen molar-refractivity contribution >= 4 is 21.6 Å². The number of rotatable bonds is 6. The summed E-state index contributed by atoms with van der Waals surface area (Å²) >= 11 is 3.33. The van der Waals surface area contributed by atoms with E-state index in [-0.39, 0.29) is 5.75 Å². The standard InChI is InChI=1S/C14H13BrF2N2O/c15-12-7-4-8-13(20-14(16)17)11(12)9-18-19-10-5-2-1-3-6-10/h1-8,14,18-19H,9H2. The number of anilines is 1. The molecular weight excluding hydrogens is 330 g/mol. The normalized spacial score (nSPS) is 10.6. The van der Waals surface area contributed by atoms with Gasteiger partial charge in [-0.3, -0.25) is 0 Å². The molecule has 2 aromatic rings. The van der Waals surface area contributed by atoms with Crippen molar-refractivity contribution in [2.45, 2.75) is 13.2 Å². The molecule has 0 atom stereocenters. The molecule has 0 spiro atoms. The second-order valence-corrected chi connectivity index (χ2v) is 4.79. The summed E-state index contributed by atoms with van der Waals surface area (Å²) in [4.78, 5) is 0. The Morgan fingerprint density at radius 3 is 2.50 bits per heavy atom. The highest BCUT2D eigenvalue weighted by Crippen LogP contribution is 2.27. The third kappa shape index (κ3) is 4.18. The molecule has 2 rings (SSSR count). The van der Waals surface area contributed by atoms with Crippen molar-refractivity contribution in [1.82, 2.24) is 5.43 Å². The van der Waals surface area contributed by atoms with E-state index in [1.807, 2.05) is 30.3 Å². The minimum atomic E-state index is -2.84. The highest BCUT2D eigenvalue weighted by atomic mass is 79.9. The van der Waals surface area contributed by atoms with Gasteiger partial charge in [0.1, 0.15) is 5.75 Å². The maximum atomic E-state index is 12.3. The number of benzene rings is 2. The van der Waals surface area contributed by atoms with E-state index in [0.717, 1.165) is 5.69 Å². The second-order valence-electron chi connectivity index (χ2n) is 3.94. The first kappa shape index (κ1) is 14.7. The predicted octanol–water partition coefficient (Wildman–Crippen LogP) is 4.17. The van der Waals surface area contributed by atoms with Crippen LogP contribution in [-0.2, 0) is 6.54 Å². The van der Waals surface area contributed by atoms with E-state index in [1.54, 1.807) is 12.1 Å². The summed E-state index contributed by atoms with van der Waals surface area (Å²) in [5.74, 6) is 0.150. The van der Waals surface area contributed by atoms with Crippen LogP contribution in [0.5, 0.6) is 5.75 Å². The number of hydrogen-bond donors (Lipinski definition) is 2. The van der Waals surface area contributed by atoms with Gasteiger partial charge < -0.3 is 10.2 Å². The lowest BCUT2D eigenvalue weighted by Crippen LogP contribution is -2.21. The molecule has 0 aliphatic rings. The van der Waals surface area contributed by atoms with E-state index in [0.29, 0.717) is 16.6 Å². The van der Waals surface area contributed by atoms with Gasteiger partial charge in [-0.05, 0) is 24.3 Å². The van der Waals surface area contributed by atoms with Crippen LogP contribution in [0.1, 0.15) is 5.56 Å². The molecule has 106 valence electrons. The molecule has 0 bridgehead atoms. The number of hydrazine groups is 1. The predicted molar refractivity (Wildman–Crippen MR) is 77.7 cm³/mol. The molecule has 0 heterocycles. The van der Waals surface area contributed by atoms with Crippen LogP contribution in [0.25, 0.3) is 0 Å². The Morgan fingerprint density at radius 2 is 1.80 bits per heavy atom. The molecule has 6 heteroatoms. The van der Waals surface area contributed by atoms with Gasteiger partial charge in [-0.15, -0.1) is 0 Å². The molecule has 0 radical (unpaired) electrons.